The molecule has 0 aliphatic carbocycles. The van der Waals surface area contributed by atoms with E-state index in [1.807, 2.05) is 7.05 Å². The third-order valence-electron chi connectivity index (χ3n) is 2.99. The maximum Gasteiger partial charge on any atom is 0.250 e. The molecule has 0 radical (unpaired) electrons. The third-order valence-corrected chi connectivity index (χ3v) is 2.99. The zero-order valence-corrected chi connectivity index (χ0v) is 11.9. The molecule has 2 N–H and O–H groups in total. The van der Waals surface area contributed by atoms with E-state index < -0.39 is 6.10 Å². The highest BCUT2D eigenvalue weighted by Crippen LogP contribution is 2.20. The van der Waals surface area contributed by atoms with Crippen molar-refractivity contribution >= 4 is 5.91 Å². The third kappa shape index (κ3) is 5.33. The van der Waals surface area contributed by atoms with Gasteiger partial charge in [-0.25, -0.2) is 0 Å². The van der Waals surface area contributed by atoms with Gasteiger partial charge in [-0.05, 0) is 18.9 Å². The van der Waals surface area contributed by atoms with E-state index in [0.717, 1.165) is 13.0 Å². The Morgan fingerprint density at radius 1 is 1.56 bits per heavy atom. The Bertz CT molecular complexity index is 276. The van der Waals surface area contributed by atoms with E-state index in [0.29, 0.717) is 13.2 Å². The van der Waals surface area contributed by atoms with Crippen molar-refractivity contribution in [1.29, 1.82) is 0 Å². The van der Waals surface area contributed by atoms with E-state index >= 15 is 0 Å². The van der Waals surface area contributed by atoms with Crippen LogP contribution in [0.4, 0.5) is 0 Å². The zero-order chi connectivity index (χ0) is 13.8. The van der Waals surface area contributed by atoms with Gasteiger partial charge in [0.15, 0.2) is 0 Å². The first-order valence-corrected chi connectivity index (χ1v) is 6.53. The van der Waals surface area contributed by atoms with Gasteiger partial charge >= 0.3 is 0 Å². The molecule has 1 fully saturated rings. The van der Waals surface area contributed by atoms with Gasteiger partial charge in [0.25, 0.3) is 5.91 Å². The van der Waals surface area contributed by atoms with Gasteiger partial charge in [-0.3, -0.25) is 4.79 Å². The summed E-state index contributed by atoms with van der Waals surface area (Å²) >= 11 is 0. The van der Waals surface area contributed by atoms with Crippen LogP contribution >= 0.6 is 0 Å². The maximum atomic E-state index is 12.0. The fourth-order valence-corrected chi connectivity index (χ4v) is 2.13. The Kier molecular flexibility index (Phi) is 5.56. The number of rotatable bonds is 4. The standard InChI is InChI=1S/C13H26N2O3/c1-13(2,3)7-10(9-16)14-12(17)11-8-15(4)5-6-18-11/h10-11,16H,5-9H2,1-4H3,(H,14,17). The number of amides is 1. The van der Waals surface area contributed by atoms with Crippen molar-refractivity contribution in [2.45, 2.75) is 39.3 Å². The second-order valence-electron chi connectivity index (χ2n) is 6.27. The lowest BCUT2D eigenvalue weighted by atomic mass is 9.88. The normalized spacial score (nSPS) is 23.7. The number of nitrogens with zero attached hydrogens (tertiary/aromatic N) is 1. The van der Waals surface area contributed by atoms with Gasteiger partial charge in [0.1, 0.15) is 6.10 Å². The minimum Gasteiger partial charge on any atom is -0.394 e. The fourth-order valence-electron chi connectivity index (χ4n) is 2.13. The van der Waals surface area contributed by atoms with Crippen LogP contribution in [0.25, 0.3) is 0 Å². The maximum absolute atomic E-state index is 12.0. The number of morpholine rings is 1. The molecule has 5 nitrogen and oxygen atoms in total. The molecule has 106 valence electrons. The van der Waals surface area contributed by atoms with E-state index in [2.05, 4.69) is 31.0 Å². The fraction of sp³-hybridized carbons (Fsp3) is 0.923. The first-order chi connectivity index (χ1) is 8.31. The second-order valence-corrected chi connectivity index (χ2v) is 6.27. The van der Waals surface area contributed by atoms with Crippen LogP contribution in [0.5, 0.6) is 0 Å². The predicted molar refractivity (Wildman–Crippen MR) is 70.3 cm³/mol. The molecule has 0 spiro atoms. The summed E-state index contributed by atoms with van der Waals surface area (Å²) in [6, 6.07) is -0.201. The van der Waals surface area contributed by atoms with Crippen LogP contribution in [0.15, 0.2) is 0 Å². The van der Waals surface area contributed by atoms with Gasteiger partial charge in [0.05, 0.1) is 19.3 Å². The summed E-state index contributed by atoms with van der Waals surface area (Å²) in [5.41, 5.74) is 0.0743. The molecule has 0 aromatic rings. The minimum absolute atomic E-state index is 0.0361. The molecular weight excluding hydrogens is 232 g/mol. The summed E-state index contributed by atoms with van der Waals surface area (Å²) in [4.78, 5) is 14.1. The molecule has 1 amide bonds. The molecule has 5 heteroatoms. The average Bonchev–Trinajstić information content (AvgIpc) is 2.26. The quantitative estimate of drug-likeness (QED) is 0.758. The Morgan fingerprint density at radius 3 is 2.72 bits per heavy atom. The van der Waals surface area contributed by atoms with Crippen LogP contribution in [0, 0.1) is 5.41 Å². The van der Waals surface area contributed by atoms with E-state index in [1.165, 1.54) is 0 Å². The zero-order valence-electron chi connectivity index (χ0n) is 11.9. The van der Waals surface area contributed by atoms with Gasteiger partial charge < -0.3 is 20.1 Å². The van der Waals surface area contributed by atoms with Crippen LogP contribution in [-0.4, -0.2) is 61.4 Å². The number of aliphatic hydroxyl groups is 1. The van der Waals surface area contributed by atoms with Gasteiger partial charge in [-0.15, -0.1) is 0 Å². The number of carbonyl (C=O) groups is 1. The number of carbonyl (C=O) groups excluding carboxylic acids is 1. The van der Waals surface area contributed by atoms with E-state index in [1.54, 1.807) is 0 Å². The summed E-state index contributed by atoms with van der Waals surface area (Å²) < 4.78 is 5.45. The molecule has 1 aliphatic rings. The van der Waals surface area contributed by atoms with Gasteiger partial charge in [-0.1, -0.05) is 20.8 Å². The van der Waals surface area contributed by atoms with Gasteiger partial charge in [0.2, 0.25) is 0 Å². The minimum atomic E-state index is -0.419. The van der Waals surface area contributed by atoms with Crippen LogP contribution < -0.4 is 5.32 Å². The SMILES string of the molecule is CN1CCOC(C(=O)NC(CO)CC(C)(C)C)C1. The van der Waals surface area contributed by atoms with Crippen molar-refractivity contribution in [2.75, 3.05) is 33.4 Å². The lowest BCUT2D eigenvalue weighted by Gasteiger charge is -2.31. The first kappa shape index (κ1) is 15.4. The van der Waals surface area contributed by atoms with Crippen molar-refractivity contribution in [2.24, 2.45) is 5.41 Å². The lowest BCUT2D eigenvalue weighted by molar-refractivity contribution is -0.139. The Labute approximate surface area is 109 Å². The van der Waals surface area contributed by atoms with Crippen LogP contribution in [0.3, 0.4) is 0 Å². The first-order valence-electron chi connectivity index (χ1n) is 6.53. The highest BCUT2D eigenvalue weighted by Gasteiger charge is 2.27. The van der Waals surface area contributed by atoms with E-state index in [-0.39, 0.29) is 24.0 Å². The number of ether oxygens (including phenoxy) is 1. The Morgan fingerprint density at radius 2 is 2.22 bits per heavy atom. The topological polar surface area (TPSA) is 61.8 Å². The molecule has 1 saturated heterocycles. The molecule has 1 aliphatic heterocycles. The van der Waals surface area contributed by atoms with Crippen LogP contribution in [0.1, 0.15) is 27.2 Å². The molecule has 18 heavy (non-hydrogen) atoms. The lowest BCUT2D eigenvalue weighted by Crippen LogP contribution is -2.52. The number of hydrogen-bond donors (Lipinski definition) is 2. The van der Waals surface area contributed by atoms with Crippen molar-refractivity contribution in [3.63, 3.8) is 0 Å². The summed E-state index contributed by atoms with van der Waals surface area (Å²) in [5.74, 6) is -0.121. The molecule has 0 aromatic carbocycles. The molecule has 0 saturated carbocycles. The van der Waals surface area contributed by atoms with Gasteiger partial charge in [0, 0.05) is 13.1 Å². The van der Waals surface area contributed by atoms with E-state index in [4.69, 9.17) is 4.74 Å². The molecular formula is C13H26N2O3. The average molecular weight is 258 g/mol. The van der Waals surface area contributed by atoms with Crippen LogP contribution in [-0.2, 0) is 9.53 Å². The highest BCUT2D eigenvalue weighted by atomic mass is 16.5. The smallest absolute Gasteiger partial charge is 0.250 e. The monoisotopic (exact) mass is 258 g/mol. The van der Waals surface area contributed by atoms with Crippen molar-refractivity contribution in [3.8, 4) is 0 Å². The Balaban J connectivity index is 2.46. The van der Waals surface area contributed by atoms with Crippen molar-refractivity contribution in [3.05, 3.63) is 0 Å². The number of aliphatic hydroxyl groups excluding tert-OH is 1. The summed E-state index contributed by atoms with van der Waals surface area (Å²) in [7, 11) is 1.97. The molecule has 2 unspecified atom stereocenters. The molecule has 1 heterocycles. The summed E-state index contributed by atoms with van der Waals surface area (Å²) in [6.07, 6.45) is 0.329. The van der Waals surface area contributed by atoms with Crippen molar-refractivity contribution in [1.82, 2.24) is 10.2 Å². The predicted octanol–water partition coefficient (Wildman–Crippen LogP) is 0.230. The van der Waals surface area contributed by atoms with Crippen LogP contribution in [0.2, 0.25) is 0 Å². The Hall–Kier alpha value is -0.650. The van der Waals surface area contributed by atoms with Crippen molar-refractivity contribution < 1.29 is 14.6 Å². The molecule has 0 aromatic heterocycles. The summed E-state index contributed by atoms with van der Waals surface area (Å²) in [6.45, 7) is 8.28. The molecule has 0 bridgehead atoms. The second kappa shape index (κ2) is 6.50. The molecule has 1 rings (SSSR count). The number of hydrogen-bond acceptors (Lipinski definition) is 4. The number of likely N-dealkylation sites (N-methyl/N-ethyl adjacent to an activating group) is 1. The summed E-state index contributed by atoms with van der Waals surface area (Å²) in [5, 5.41) is 12.2. The van der Waals surface area contributed by atoms with Gasteiger partial charge in [-0.2, -0.15) is 0 Å². The number of nitrogens with one attached hydrogen (secondary N) is 1. The largest absolute Gasteiger partial charge is 0.394 e. The van der Waals surface area contributed by atoms with E-state index in [9.17, 15) is 9.90 Å². The highest BCUT2D eigenvalue weighted by molar-refractivity contribution is 5.81. The molecule has 2 atom stereocenters.